The lowest BCUT2D eigenvalue weighted by Crippen LogP contribution is -2.24. The Balaban J connectivity index is 1.90. The normalized spacial score (nSPS) is 20.1. The first-order valence-electron chi connectivity index (χ1n) is 7.05. The highest BCUT2D eigenvalue weighted by atomic mass is 16.5. The number of rotatable bonds is 9. The number of hydrogen-bond donors (Lipinski definition) is 1. The fraction of sp³-hybridized carbons (Fsp3) is 0.929. The molecule has 1 N–H and O–H groups in total. The van der Waals surface area contributed by atoms with Gasteiger partial charge in [-0.25, -0.2) is 0 Å². The summed E-state index contributed by atoms with van der Waals surface area (Å²) in [4.78, 5) is 11.6. The van der Waals surface area contributed by atoms with Crippen LogP contribution in [0.1, 0.15) is 58.8 Å². The van der Waals surface area contributed by atoms with E-state index in [4.69, 9.17) is 4.74 Å². The summed E-state index contributed by atoms with van der Waals surface area (Å²) in [5.41, 5.74) is 0. The van der Waals surface area contributed by atoms with E-state index in [0.717, 1.165) is 45.3 Å². The van der Waals surface area contributed by atoms with Crippen LogP contribution in [0, 0.1) is 0 Å². The molecule has 3 nitrogen and oxygen atoms in total. The van der Waals surface area contributed by atoms with E-state index in [-0.39, 0.29) is 0 Å². The van der Waals surface area contributed by atoms with Gasteiger partial charge in [-0.3, -0.25) is 4.79 Å². The Morgan fingerprint density at radius 2 is 2.12 bits per heavy atom. The van der Waals surface area contributed by atoms with Gasteiger partial charge in [0, 0.05) is 25.5 Å². The van der Waals surface area contributed by atoms with Crippen molar-refractivity contribution in [2.24, 2.45) is 0 Å². The summed E-state index contributed by atoms with van der Waals surface area (Å²) in [6.07, 6.45) is 7.32. The molecule has 1 aliphatic heterocycles. The summed E-state index contributed by atoms with van der Waals surface area (Å²) in [6, 6.07) is 0.518. The quantitative estimate of drug-likeness (QED) is 0.631. The summed E-state index contributed by atoms with van der Waals surface area (Å²) in [5, 5.41) is 3.33. The number of ether oxygens (including phenoxy) is 1. The predicted octanol–water partition coefficient (Wildman–Crippen LogP) is 2.68. The van der Waals surface area contributed by atoms with Gasteiger partial charge in [0.05, 0.1) is 6.10 Å². The number of nitrogens with one attached hydrogen (secondary N) is 1. The Morgan fingerprint density at radius 3 is 2.76 bits per heavy atom. The van der Waals surface area contributed by atoms with Crippen LogP contribution in [0.25, 0.3) is 0 Å². The molecule has 0 aliphatic carbocycles. The molecule has 17 heavy (non-hydrogen) atoms. The summed E-state index contributed by atoms with van der Waals surface area (Å²) in [5.74, 6) is 0.411. The first-order valence-corrected chi connectivity index (χ1v) is 7.05. The van der Waals surface area contributed by atoms with Crippen molar-refractivity contribution >= 4 is 5.78 Å². The van der Waals surface area contributed by atoms with Gasteiger partial charge >= 0.3 is 0 Å². The minimum Gasteiger partial charge on any atom is -0.378 e. The second-order valence-corrected chi connectivity index (χ2v) is 5.28. The molecule has 0 aromatic rings. The van der Waals surface area contributed by atoms with Gasteiger partial charge in [-0.2, -0.15) is 0 Å². The molecule has 1 heterocycles. The summed E-state index contributed by atoms with van der Waals surface area (Å²) in [7, 11) is 0. The zero-order valence-corrected chi connectivity index (χ0v) is 11.3. The zero-order valence-electron chi connectivity index (χ0n) is 11.3. The molecule has 0 aromatic carbocycles. The average molecular weight is 241 g/mol. The standard InChI is InChI=1S/C14H27NO2/c1-12(2)15-10-4-7-13(16)6-3-8-14-9-5-11-17-14/h12,14-15H,3-11H2,1-2H3. The van der Waals surface area contributed by atoms with Crippen LogP contribution in [0.3, 0.4) is 0 Å². The van der Waals surface area contributed by atoms with E-state index in [1.54, 1.807) is 0 Å². The van der Waals surface area contributed by atoms with E-state index in [9.17, 15) is 4.79 Å². The van der Waals surface area contributed by atoms with Crippen molar-refractivity contribution in [3.8, 4) is 0 Å². The molecule has 100 valence electrons. The average Bonchev–Trinajstić information content (AvgIpc) is 2.77. The lowest BCUT2D eigenvalue weighted by molar-refractivity contribution is -0.119. The van der Waals surface area contributed by atoms with Crippen LogP contribution >= 0.6 is 0 Å². The highest BCUT2D eigenvalue weighted by Crippen LogP contribution is 2.17. The monoisotopic (exact) mass is 241 g/mol. The van der Waals surface area contributed by atoms with Crippen LogP contribution in [0.4, 0.5) is 0 Å². The van der Waals surface area contributed by atoms with Crippen LogP contribution in [0.5, 0.6) is 0 Å². The maximum Gasteiger partial charge on any atom is 0.132 e. The predicted molar refractivity (Wildman–Crippen MR) is 70.2 cm³/mol. The maximum absolute atomic E-state index is 11.6. The molecule has 1 rings (SSSR count). The highest BCUT2D eigenvalue weighted by Gasteiger charge is 2.15. The molecule has 1 aliphatic rings. The van der Waals surface area contributed by atoms with Gasteiger partial charge in [-0.15, -0.1) is 0 Å². The van der Waals surface area contributed by atoms with Crippen LogP contribution in [-0.2, 0) is 9.53 Å². The van der Waals surface area contributed by atoms with E-state index in [0.29, 0.717) is 17.9 Å². The van der Waals surface area contributed by atoms with E-state index in [1.165, 1.54) is 12.8 Å². The molecule has 0 bridgehead atoms. The van der Waals surface area contributed by atoms with Gasteiger partial charge in [-0.1, -0.05) is 13.8 Å². The molecule has 3 heteroatoms. The van der Waals surface area contributed by atoms with E-state index in [1.807, 2.05) is 0 Å². The van der Waals surface area contributed by atoms with Crippen molar-refractivity contribution in [2.75, 3.05) is 13.2 Å². The molecule has 1 saturated heterocycles. The molecule has 0 spiro atoms. The van der Waals surface area contributed by atoms with Crippen molar-refractivity contribution < 1.29 is 9.53 Å². The van der Waals surface area contributed by atoms with Crippen LogP contribution < -0.4 is 5.32 Å². The number of hydrogen-bond acceptors (Lipinski definition) is 3. The Labute approximate surface area is 105 Å². The highest BCUT2D eigenvalue weighted by molar-refractivity contribution is 5.78. The van der Waals surface area contributed by atoms with E-state index in [2.05, 4.69) is 19.2 Å². The topological polar surface area (TPSA) is 38.3 Å². The smallest absolute Gasteiger partial charge is 0.132 e. The van der Waals surface area contributed by atoms with Gasteiger partial charge < -0.3 is 10.1 Å². The molecule has 1 unspecified atom stereocenters. The second kappa shape index (κ2) is 8.65. The third-order valence-corrected chi connectivity index (χ3v) is 3.19. The lowest BCUT2D eigenvalue weighted by Gasteiger charge is -2.09. The fourth-order valence-electron chi connectivity index (χ4n) is 2.20. The van der Waals surface area contributed by atoms with E-state index < -0.39 is 0 Å². The molecule has 1 atom stereocenters. The SMILES string of the molecule is CC(C)NCCCC(=O)CCCC1CCCO1. The van der Waals surface area contributed by atoms with E-state index >= 15 is 0 Å². The second-order valence-electron chi connectivity index (χ2n) is 5.28. The molecular formula is C14H27NO2. The first-order chi connectivity index (χ1) is 8.18. The lowest BCUT2D eigenvalue weighted by atomic mass is 10.1. The van der Waals surface area contributed by atoms with Gasteiger partial charge in [-0.05, 0) is 38.6 Å². The van der Waals surface area contributed by atoms with Gasteiger partial charge in [0.1, 0.15) is 5.78 Å². The maximum atomic E-state index is 11.6. The number of Topliss-reactive ketones (excluding diaryl/α,β-unsaturated/α-hetero) is 1. The Hall–Kier alpha value is -0.410. The van der Waals surface area contributed by atoms with Gasteiger partial charge in [0.25, 0.3) is 0 Å². The Morgan fingerprint density at radius 1 is 1.35 bits per heavy atom. The van der Waals surface area contributed by atoms with Crippen LogP contribution in [0.15, 0.2) is 0 Å². The van der Waals surface area contributed by atoms with Crippen molar-refractivity contribution in [3.63, 3.8) is 0 Å². The van der Waals surface area contributed by atoms with Crippen molar-refractivity contribution in [2.45, 2.75) is 70.9 Å². The number of carbonyl (C=O) groups excluding carboxylic acids is 1. The molecule has 0 saturated carbocycles. The van der Waals surface area contributed by atoms with Crippen molar-refractivity contribution in [1.29, 1.82) is 0 Å². The third kappa shape index (κ3) is 7.50. The molecule has 0 radical (unpaired) electrons. The van der Waals surface area contributed by atoms with Crippen molar-refractivity contribution in [3.05, 3.63) is 0 Å². The van der Waals surface area contributed by atoms with Crippen molar-refractivity contribution in [1.82, 2.24) is 5.32 Å². The van der Waals surface area contributed by atoms with Crippen LogP contribution in [-0.4, -0.2) is 31.1 Å². The largest absolute Gasteiger partial charge is 0.378 e. The zero-order chi connectivity index (χ0) is 12.5. The fourth-order valence-corrected chi connectivity index (χ4v) is 2.20. The molecule has 0 amide bonds. The minimum absolute atomic E-state index is 0.411. The molecule has 0 aromatic heterocycles. The van der Waals surface area contributed by atoms with Gasteiger partial charge in [0.2, 0.25) is 0 Å². The van der Waals surface area contributed by atoms with Crippen LogP contribution in [0.2, 0.25) is 0 Å². The minimum atomic E-state index is 0.411. The summed E-state index contributed by atoms with van der Waals surface area (Å²) in [6.45, 7) is 6.13. The number of ketones is 1. The first kappa shape index (κ1) is 14.7. The molecule has 1 fully saturated rings. The van der Waals surface area contributed by atoms with Gasteiger partial charge in [0.15, 0.2) is 0 Å². The Bertz CT molecular complexity index is 210. The summed E-state index contributed by atoms with van der Waals surface area (Å²) >= 11 is 0. The summed E-state index contributed by atoms with van der Waals surface area (Å²) < 4.78 is 5.54. The number of carbonyl (C=O) groups is 1. The Kier molecular flexibility index (Phi) is 7.45. The molecular weight excluding hydrogens is 214 g/mol. The third-order valence-electron chi connectivity index (χ3n) is 3.19.